The molecule has 1 N–H and O–H groups in total. The van der Waals surface area contributed by atoms with Gasteiger partial charge in [-0.25, -0.2) is 0 Å². The molecule has 106 valence electrons. The Kier molecular flexibility index (Phi) is 5.14. The summed E-state index contributed by atoms with van der Waals surface area (Å²) in [7, 11) is 0. The Balaban J connectivity index is 2.01. The van der Waals surface area contributed by atoms with Crippen molar-refractivity contribution >= 4 is 17.7 Å². The molecular weight excluding hydrogens is 262 g/mol. The predicted molar refractivity (Wildman–Crippen MR) is 76.3 cm³/mol. The summed E-state index contributed by atoms with van der Waals surface area (Å²) in [5, 5.41) is 9.00. The van der Waals surface area contributed by atoms with Crippen molar-refractivity contribution in [2.75, 3.05) is 31.2 Å². The van der Waals surface area contributed by atoms with Gasteiger partial charge in [-0.05, 0) is 37.2 Å². The SMILES string of the molecule is C#CCN(CC(=O)O)C1CCOC2(CCSCC2)C1. The molecule has 2 saturated heterocycles. The summed E-state index contributed by atoms with van der Waals surface area (Å²) in [5.74, 6) is 4.05. The monoisotopic (exact) mass is 283 g/mol. The van der Waals surface area contributed by atoms with Crippen LogP contribution in [0.5, 0.6) is 0 Å². The van der Waals surface area contributed by atoms with Crippen LogP contribution in [0.15, 0.2) is 0 Å². The van der Waals surface area contributed by atoms with Crippen molar-refractivity contribution in [2.45, 2.75) is 37.3 Å². The first kappa shape index (κ1) is 14.7. The molecule has 1 spiro atoms. The molecule has 5 heteroatoms. The molecule has 0 amide bonds. The molecular formula is C14H21NO3S. The van der Waals surface area contributed by atoms with E-state index in [2.05, 4.69) is 5.92 Å². The Morgan fingerprint density at radius 3 is 2.89 bits per heavy atom. The van der Waals surface area contributed by atoms with Crippen LogP contribution < -0.4 is 0 Å². The lowest BCUT2D eigenvalue weighted by molar-refractivity contribution is -0.142. The van der Waals surface area contributed by atoms with Crippen LogP contribution >= 0.6 is 11.8 Å². The molecule has 0 saturated carbocycles. The lowest BCUT2D eigenvalue weighted by atomic mass is 9.85. The van der Waals surface area contributed by atoms with Gasteiger partial charge in [0.15, 0.2) is 0 Å². The van der Waals surface area contributed by atoms with E-state index in [0.29, 0.717) is 6.54 Å². The Morgan fingerprint density at radius 1 is 1.53 bits per heavy atom. The van der Waals surface area contributed by atoms with E-state index < -0.39 is 5.97 Å². The number of hydrogen-bond donors (Lipinski definition) is 1. The minimum atomic E-state index is -0.810. The average molecular weight is 283 g/mol. The summed E-state index contributed by atoms with van der Waals surface area (Å²) < 4.78 is 6.03. The van der Waals surface area contributed by atoms with E-state index in [1.807, 2.05) is 16.7 Å². The lowest BCUT2D eigenvalue weighted by Crippen LogP contribution is -2.51. The van der Waals surface area contributed by atoms with Crippen molar-refractivity contribution < 1.29 is 14.6 Å². The van der Waals surface area contributed by atoms with Crippen molar-refractivity contribution in [1.29, 1.82) is 0 Å². The highest BCUT2D eigenvalue weighted by molar-refractivity contribution is 7.99. The van der Waals surface area contributed by atoms with E-state index in [1.54, 1.807) is 0 Å². The highest BCUT2D eigenvalue weighted by atomic mass is 32.2. The topological polar surface area (TPSA) is 49.8 Å². The summed E-state index contributed by atoms with van der Waals surface area (Å²) in [5.41, 5.74) is -0.0283. The molecule has 2 rings (SSSR count). The van der Waals surface area contributed by atoms with Crippen molar-refractivity contribution in [3.8, 4) is 12.3 Å². The Bertz CT molecular complexity index is 355. The van der Waals surface area contributed by atoms with E-state index in [1.165, 1.54) is 0 Å². The van der Waals surface area contributed by atoms with Gasteiger partial charge in [0.1, 0.15) is 0 Å². The Labute approximate surface area is 118 Å². The van der Waals surface area contributed by atoms with Gasteiger partial charge in [0, 0.05) is 12.6 Å². The molecule has 0 aromatic heterocycles. The van der Waals surface area contributed by atoms with E-state index >= 15 is 0 Å². The Morgan fingerprint density at radius 2 is 2.26 bits per heavy atom. The Hall–Kier alpha value is -0.700. The highest BCUT2D eigenvalue weighted by Crippen LogP contribution is 2.38. The van der Waals surface area contributed by atoms with Crippen LogP contribution in [0.4, 0.5) is 0 Å². The highest BCUT2D eigenvalue weighted by Gasteiger charge is 2.40. The third kappa shape index (κ3) is 3.88. The largest absolute Gasteiger partial charge is 0.480 e. The number of carboxylic acid groups (broad SMARTS) is 1. The third-order valence-corrected chi connectivity index (χ3v) is 5.01. The maximum absolute atomic E-state index is 11.0. The van der Waals surface area contributed by atoms with Crippen molar-refractivity contribution in [3.63, 3.8) is 0 Å². The van der Waals surface area contributed by atoms with Gasteiger partial charge in [0.05, 0.1) is 18.7 Å². The molecule has 2 aliphatic rings. The van der Waals surface area contributed by atoms with E-state index in [0.717, 1.165) is 43.8 Å². The molecule has 2 fully saturated rings. The summed E-state index contributed by atoms with van der Waals surface area (Å²) in [6.45, 7) is 1.15. The van der Waals surface area contributed by atoms with E-state index in [9.17, 15) is 4.79 Å². The second kappa shape index (κ2) is 6.65. The second-order valence-corrected chi connectivity index (χ2v) is 6.52. The number of carbonyl (C=O) groups is 1. The first-order valence-corrected chi connectivity index (χ1v) is 7.92. The molecule has 0 aromatic carbocycles. The minimum Gasteiger partial charge on any atom is -0.480 e. The predicted octanol–water partition coefficient (Wildman–Crippen LogP) is 1.45. The van der Waals surface area contributed by atoms with E-state index in [-0.39, 0.29) is 18.2 Å². The number of thioether (sulfide) groups is 1. The standard InChI is InChI=1S/C14H21NO3S/c1-2-6-15(11-13(16)17)12-3-7-18-14(10-12)4-8-19-9-5-14/h1,12H,3-11H2,(H,16,17). The smallest absolute Gasteiger partial charge is 0.317 e. The number of aliphatic carboxylic acids is 1. The van der Waals surface area contributed by atoms with Crippen LogP contribution in [0.2, 0.25) is 0 Å². The minimum absolute atomic E-state index is 0.0275. The van der Waals surface area contributed by atoms with Gasteiger partial charge in [-0.15, -0.1) is 6.42 Å². The molecule has 2 aliphatic heterocycles. The molecule has 0 radical (unpaired) electrons. The van der Waals surface area contributed by atoms with Crippen molar-refractivity contribution in [3.05, 3.63) is 0 Å². The van der Waals surface area contributed by atoms with E-state index in [4.69, 9.17) is 16.3 Å². The second-order valence-electron chi connectivity index (χ2n) is 5.29. The zero-order valence-electron chi connectivity index (χ0n) is 11.1. The first-order valence-electron chi connectivity index (χ1n) is 6.76. The third-order valence-electron chi connectivity index (χ3n) is 4.02. The fourth-order valence-electron chi connectivity index (χ4n) is 3.01. The van der Waals surface area contributed by atoms with Crippen LogP contribution in [0, 0.1) is 12.3 Å². The van der Waals surface area contributed by atoms with Crippen LogP contribution in [-0.2, 0) is 9.53 Å². The quantitative estimate of drug-likeness (QED) is 0.791. The lowest BCUT2D eigenvalue weighted by Gasteiger charge is -2.45. The number of terminal acetylenes is 1. The summed E-state index contributed by atoms with van der Waals surface area (Å²) >= 11 is 1.97. The van der Waals surface area contributed by atoms with Gasteiger partial charge in [-0.2, -0.15) is 11.8 Å². The zero-order chi connectivity index (χ0) is 13.7. The summed E-state index contributed by atoms with van der Waals surface area (Å²) in [6, 6.07) is 0.240. The van der Waals surface area contributed by atoms with Crippen molar-refractivity contribution in [1.82, 2.24) is 4.90 Å². The average Bonchev–Trinajstić information content (AvgIpc) is 2.39. The fourth-order valence-corrected chi connectivity index (χ4v) is 4.25. The van der Waals surface area contributed by atoms with Crippen LogP contribution in [-0.4, -0.2) is 58.8 Å². The van der Waals surface area contributed by atoms with Crippen LogP contribution in [0.3, 0.4) is 0 Å². The number of carboxylic acids is 1. The molecule has 2 heterocycles. The maximum atomic E-state index is 11.0. The normalized spacial score (nSPS) is 26.2. The number of rotatable bonds is 4. The molecule has 4 nitrogen and oxygen atoms in total. The van der Waals surface area contributed by atoms with Gasteiger partial charge in [0.2, 0.25) is 0 Å². The van der Waals surface area contributed by atoms with Gasteiger partial charge < -0.3 is 9.84 Å². The fraction of sp³-hybridized carbons (Fsp3) is 0.786. The zero-order valence-corrected chi connectivity index (χ0v) is 12.0. The van der Waals surface area contributed by atoms with Gasteiger partial charge in [-0.3, -0.25) is 9.69 Å². The number of nitrogens with zero attached hydrogens (tertiary/aromatic N) is 1. The van der Waals surface area contributed by atoms with Gasteiger partial charge >= 0.3 is 5.97 Å². The number of ether oxygens (including phenoxy) is 1. The molecule has 0 aliphatic carbocycles. The molecule has 0 aromatic rings. The molecule has 0 bridgehead atoms. The van der Waals surface area contributed by atoms with Gasteiger partial charge in [-0.1, -0.05) is 5.92 Å². The summed E-state index contributed by atoms with van der Waals surface area (Å²) in [6.07, 6.45) is 9.31. The van der Waals surface area contributed by atoms with Gasteiger partial charge in [0.25, 0.3) is 0 Å². The number of hydrogen-bond acceptors (Lipinski definition) is 4. The van der Waals surface area contributed by atoms with Crippen molar-refractivity contribution in [2.24, 2.45) is 0 Å². The molecule has 1 unspecified atom stereocenters. The summed E-state index contributed by atoms with van der Waals surface area (Å²) in [4.78, 5) is 12.9. The van der Waals surface area contributed by atoms with Crippen LogP contribution in [0.25, 0.3) is 0 Å². The first-order chi connectivity index (χ1) is 9.15. The molecule has 1 atom stereocenters. The molecule has 19 heavy (non-hydrogen) atoms. The maximum Gasteiger partial charge on any atom is 0.317 e. The van der Waals surface area contributed by atoms with Crippen LogP contribution in [0.1, 0.15) is 25.7 Å².